The Balaban J connectivity index is 0.00000385. The Kier molecular flexibility index (Phi) is 10.6. The van der Waals surface area contributed by atoms with Crippen molar-refractivity contribution in [2.45, 2.75) is 19.9 Å². The van der Waals surface area contributed by atoms with Gasteiger partial charge >= 0.3 is 0 Å². The monoisotopic (exact) mass is 568 g/mol. The van der Waals surface area contributed by atoms with Gasteiger partial charge in [0.2, 0.25) is 0 Å². The number of carbonyl (C=O) groups excluding carboxylic acids is 1. The number of nitrogens with one attached hydrogen (secondary N) is 2. The molecule has 0 unspecified atom stereocenters. The molecule has 3 rings (SSSR count). The molecule has 180 valence electrons. The number of halogens is 1. The van der Waals surface area contributed by atoms with Crippen LogP contribution in [-0.2, 0) is 13.0 Å². The lowest BCUT2D eigenvalue weighted by Gasteiger charge is -2.32. The molecule has 2 aromatic carbocycles. The summed E-state index contributed by atoms with van der Waals surface area (Å²) >= 11 is 0. The van der Waals surface area contributed by atoms with Crippen molar-refractivity contribution in [1.82, 2.24) is 15.5 Å². The summed E-state index contributed by atoms with van der Waals surface area (Å²) in [6.07, 6.45) is 0.896. The SMILES string of the molecule is CCNC(=NCCNC(=O)c1cccc(OC)c1)N1CCc2cc(OC)c(OC)cc2C1.I. The van der Waals surface area contributed by atoms with Crippen molar-refractivity contribution < 1.29 is 19.0 Å². The van der Waals surface area contributed by atoms with Crippen molar-refractivity contribution >= 4 is 35.8 Å². The van der Waals surface area contributed by atoms with Crippen LogP contribution in [0.5, 0.6) is 17.2 Å². The van der Waals surface area contributed by atoms with Gasteiger partial charge in [-0.25, -0.2) is 0 Å². The number of nitrogens with zero attached hydrogens (tertiary/aromatic N) is 2. The van der Waals surface area contributed by atoms with Gasteiger partial charge in [0.05, 0.1) is 27.9 Å². The Labute approximate surface area is 212 Å². The second kappa shape index (κ2) is 13.1. The van der Waals surface area contributed by atoms with Crippen LogP contribution in [0.4, 0.5) is 0 Å². The Hall–Kier alpha value is -2.69. The smallest absolute Gasteiger partial charge is 0.251 e. The van der Waals surface area contributed by atoms with Gasteiger partial charge < -0.3 is 29.7 Å². The number of carbonyl (C=O) groups is 1. The van der Waals surface area contributed by atoms with Gasteiger partial charge in [-0.1, -0.05) is 6.07 Å². The van der Waals surface area contributed by atoms with Gasteiger partial charge in [0.1, 0.15) is 5.75 Å². The van der Waals surface area contributed by atoms with Crippen LogP contribution in [0.2, 0.25) is 0 Å². The van der Waals surface area contributed by atoms with Crippen LogP contribution in [0.15, 0.2) is 41.4 Å². The average molecular weight is 568 g/mol. The van der Waals surface area contributed by atoms with Gasteiger partial charge in [-0.2, -0.15) is 0 Å². The Bertz CT molecular complexity index is 967. The molecular formula is C24H33IN4O4. The van der Waals surface area contributed by atoms with Gasteiger partial charge in [0, 0.05) is 31.7 Å². The van der Waals surface area contributed by atoms with E-state index in [0.717, 1.165) is 43.5 Å². The highest BCUT2D eigenvalue weighted by atomic mass is 127. The molecule has 0 spiro atoms. The molecule has 1 amide bonds. The molecule has 33 heavy (non-hydrogen) atoms. The highest BCUT2D eigenvalue weighted by Gasteiger charge is 2.21. The van der Waals surface area contributed by atoms with E-state index in [9.17, 15) is 4.79 Å². The molecule has 0 aromatic heterocycles. The minimum Gasteiger partial charge on any atom is -0.497 e. The van der Waals surface area contributed by atoms with Gasteiger partial charge in [-0.15, -0.1) is 24.0 Å². The normalized spacial score (nSPS) is 12.8. The number of aliphatic imine (C=N–C) groups is 1. The summed E-state index contributed by atoms with van der Waals surface area (Å²) in [6.45, 7) is 5.33. The van der Waals surface area contributed by atoms with Crippen LogP contribution in [0.25, 0.3) is 0 Å². The topological polar surface area (TPSA) is 84.4 Å². The number of ether oxygens (including phenoxy) is 3. The van der Waals surface area contributed by atoms with Crippen molar-refractivity contribution in [1.29, 1.82) is 0 Å². The maximum absolute atomic E-state index is 12.4. The van der Waals surface area contributed by atoms with Gasteiger partial charge in [-0.05, 0) is 54.8 Å². The van der Waals surface area contributed by atoms with Crippen molar-refractivity contribution in [3.8, 4) is 17.2 Å². The molecule has 0 aliphatic carbocycles. The van der Waals surface area contributed by atoms with Crippen LogP contribution in [0.3, 0.4) is 0 Å². The lowest BCUT2D eigenvalue weighted by molar-refractivity contribution is 0.0954. The number of benzene rings is 2. The zero-order valence-electron chi connectivity index (χ0n) is 19.6. The number of rotatable bonds is 8. The summed E-state index contributed by atoms with van der Waals surface area (Å²) < 4.78 is 16.1. The average Bonchev–Trinajstić information content (AvgIpc) is 2.84. The molecule has 1 heterocycles. The van der Waals surface area contributed by atoms with Gasteiger partial charge in [-0.3, -0.25) is 9.79 Å². The van der Waals surface area contributed by atoms with E-state index in [0.29, 0.717) is 24.4 Å². The second-order valence-electron chi connectivity index (χ2n) is 7.37. The lowest BCUT2D eigenvalue weighted by Crippen LogP contribution is -2.44. The van der Waals surface area contributed by atoms with Crippen molar-refractivity contribution in [3.05, 3.63) is 53.1 Å². The summed E-state index contributed by atoms with van der Waals surface area (Å²) in [6, 6.07) is 11.2. The molecule has 0 saturated heterocycles. The summed E-state index contributed by atoms with van der Waals surface area (Å²) in [5.41, 5.74) is 3.03. The number of hydrogen-bond acceptors (Lipinski definition) is 5. The Morgan fingerprint density at radius 2 is 1.76 bits per heavy atom. The molecule has 2 N–H and O–H groups in total. The van der Waals surface area contributed by atoms with Gasteiger partial charge in [0.15, 0.2) is 17.5 Å². The number of methoxy groups -OCH3 is 3. The predicted molar refractivity (Wildman–Crippen MR) is 140 cm³/mol. The van der Waals surface area contributed by atoms with E-state index in [1.165, 1.54) is 11.1 Å². The highest BCUT2D eigenvalue weighted by molar-refractivity contribution is 14.0. The first-order chi connectivity index (χ1) is 15.6. The van der Waals surface area contributed by atoms with Crippen LogP contribution in [-0.4, -0.2) is 64.3 Å². The van der Waals surface area contributed by atoms with Crippen molar-refractivity contribution in [2.24, 2.45) is 4.99 Å². The van der Waals surface area contributed by atoms with E-state index in [-0.39, 0.29) is 29.9 Å². The van der Waals surface area contributed by atoms with E-state index in [4.69, 9.17) is 19.2 Å². The standard InChI is InChI=1S/C24H32N4O4.HI/c1-5-25-24(27-11-10-26-23(29)18-7-6-8-20(13-18)30-2)28-12-9-17-14-21(31-3)22(32-4)15-19(17)16-28;/h6-8,13-15H,5,9-12,16H2,1-4H3,(H,25,27)(H,26,29);1H. The molecule has 0 bridgehead atoms. The number of hydrogen-bond donors (Lipinski definition) is 2. The molecule has 0 radical (unpaired) electrons. The number of fused-ring (bicyclic) bond motifs is 1. The zero-order valence-corrected chi connectivity index (χ0v) is 22.0. The molecule has 1 aliphatic rings. The summed E-state index contributed by atoms with van der Waals surface area (Å²) in [5, 5.41) is 6.28. The fourth-order valence-electron chi connectivity index (χ4n) is 3.69. The third-order valence-corrected chi connectivity index (χ3v) is 5.34. The molecule has 0 atom stereocenters. The minimum atomic E-state index is -0.142. The summed E-state index contributed by atoms with van der Waals surface area (Å²) in [4.78, 5) is 19.3. The first kappa shape index (κ1) is 26.6. The fourth-order valence-corrected chi connectivity index (χ4v) is 3.69. The van der Waals surface area contributed by atoms with Crippen LogP contribution in [0.1, 0.15) is 28.4 Å². The zero-order chi connectivity index (χ0) is 22.9. The maximum Gasteiger partial charge on any atom is 0.251 e. The third kappa shape index (κ3) is 6.89. The molecule has 0 saturated carbocycles. The number of guanidine groups is 1. The van der Waals surface area contributed by atoms with E-state index in [1.807, 2.05) is 19.1 Å². The molecule has 9 heteroatoms. The predicted octanol–water partition coefficient (Wildman–Crippen LogP) is 3.08. The minimum absolute atomic E-state index is 0. The van der Waals surface area contributed by atoms with Crippen LogP contribution in [0, 0.1) is 0 Å². The van der Waals surface area contributed by atoms with Crippen LogP contribution >= 0.6 is 24.0 Å². The van der Waals surface area contributed by atoms with Gasteiger partial charge in [0.25, 0.3) is 5.91 Å². The molecule has 2 aromatic rings. The quantitative estimate of drug-likeness (QED) is 0.221. The van der Waals surface area contributed by atoms with E-state index in [1.54, 1.807) is 39.5 Å². The summed E-state index contributed by atoms with van der Waals surface area (Å²) in [7, 11) is 4.89. The Morgan fingerprint density at radius 3 is 2.42 bits per heavy atom. The van der Waals surface area contributed by atoms with Crippen molar-refractivity contribution in [2.75, 3.05) is 47.5 Å². The highest BCUT2D eigenvalue weighted by Crippen LogP contribution is 2.33. The van der Waals surface area contributed by atoms with Crippen molar-refractivity contribution in [3.63, 3.8) is 0 Å². The number of amides is 1. The van der Waals surface area contributed by atoms with E-state index >= 15 is 0 Å². The van der Waals surface area contributed by atoms with E-state index in [2.05, 4.69) is 21.6 Å². The fraction of sp³-hybridized carbons (Fsp3) is 0.417. The molecular weight excluding hydrogens is 535 g/mol. The Morgan fingerprint density at radius 1 is 1.03 bits per heavy atom. The first-order valence-electron chi connectivity index (χ1n) is 10.8. The maximum atomic E-state index is 12.4. The summed E-state index contributed by atoms with van der Waals surface area (Å²) in [5.74, 6) is 2.84. The molecule has 8 nitrogen and oxygen atoms in total. The lowest BCUT2D eigenvalue weighted by atomic mass is 9.99. The van der Waals surface area contributed by atoms with Crippen LogP contribution < -0.4 is 24.8 Å². The first-order valence-corrected chi connectivity index (χ1v) is 10.8. The van der Waals surface area contributed by atoms with E-state index < -0.39 is 0 Å². The molecule has 1 aliphatic heterocycles. The molecule has 0 fully saturated rings. The largest absolute Gasteiger partial charge is 0.497 e. The second-order valence-corrected chi connectivity index (χ2v) is 7.37. The third-order valence-electron chi connectivity index (χ3n) is 5.34.